The van der Waals surface area contributed by atoms with Gasteiger partial charge in [-0.1, -0.05) is 29.7 Å². The van der Waals surface area contributed by atoms with E-state index < -0.39 is 11.9 Å². The summed E-state index contributed by atoms with van der Waals surface area (Å²) >= 11 is 5.95. The highest BCUT2D eigenvalue weighted by molar-refractivity contribution is 6.30. The second-order valence-electron chi connectivity index (χ2n) is 6.21. The number of nitrogens with one attached hydrogen (secondary N) is 1. The van der Waals surface area contributed by atoms with Crippen molar-refractivity contribution in [2.45, 2.75) is 25.2 Å². The van der Waals surface area contributed by atoms with Crippen molar-refractivity contribution in [2.75, 3.05) is 13.1 Å². The summed E-state index contributed by atoms with van der Waals surface area (Å²) in [6.45, 7) is 1.84. The van der Waals surface area contributed by atoms with Crippen molar-refractivity contribution >= 4 is 23.5 Å². The molecule has 28 heavy (non-hydrogen) atoms. The maximum absolute atomic E-state index is 9.64. The minimum atomic E-state index is -1.08. The van der Waals surface area contributed by atoms with E-state index in [1.807, 2.05) is 30.3 Å². The van der Waals surface area contributed by atoms with Crippen LogP contribution in [0.4, 0.5) is 0 Å². The van der Waals surface area contributed by atoms with Gasteiger partial charge in [0.1, 0.15) is 0 Å². The number of halogens is 1. The van der Waals surface area contributed by atoms with Gasteiger partial charge in [-0.15, -0.1) is 6.42 Å². The maximum atomic E-state index is 9.64. The van der Waals surface area contributed by atoms with E-state index in [9.17, 15) is 9.59 Å². The van der Waals surface area contributed by atoms with Gasteiger partial charge in [-0.05, 0) is 48.4 Å². The molecule has 1 aliphatic carbocycles. The number of carboxylic acids is 2. The van der Waals surface area contributed by atoms with E-state index in [4.69, 9.17) is 28.2 Å². The van der Waals surface area contributed by atoms with Crippen LogP contribution in [-0.4, -0.2) is 40.2 Å². The van der Waals surface area contributed by atoms with E-state index in [0.717, 1.165) is 24.5 Å². The summed E-state index contributed by atoms with van der Waals surface area (Å²) in [5.74, 6) is 0.846. The van der Waals surface area contributed by atoms with Gasteiger partial charge < -0.3 is 15.5 Å². The van der Waals surface area contributed by atoms with Crippen LogP contribution in [-0.2, 0) is 16.0 Å². The van der Waals surface area contributed by atoms with Gasteiger partial charge in [0.2, 0.25) is 0 Å². The third-order valence-electron chi connectivity index (χ3n) is 4.12. The lowest BCUT2D eigenvalue weighted by atomic mass is 9.95. The van der Waals surface area contributed by atoms with Crippen LogP contribution in [0, 0.1) is 12.3 Å². The quantitative estimate of drug-likeness (QED) is 0.584. The minimum Gasteiger partial charge on any atom is -0.481 e. The molecule has 3 aliphatic rings. The fraction of sp³-hybridized carbons (Fsp3) is 0.286. The molecule has 7 heteroatoms. The van der Waals surface area contributed by atoms with E-state index in [1.54, 1.807) is 0 Å². The molecule has 0 spiro atoms. The highest BCUT2D eigenvalue weighted by Gasteiger charge is 2.16. The zero-order valence-corrected chi connectivity index (χ0v) is 15.9. The fourth-order valence-corrected chi connectivity index (χ4v) is 2.84. The normalized spacial score (nSPS) is 15.2. The van der Waals surface area contributed by atoms with Crippen molar-refractivity contribution in [2.24, 2.45) is 0 Å². The summed E-state index contributed by atoms with van der Waals surface area (Å²) < 4.78 is 0. The van der Waals surface area contributed by atoms with Crippen LogP contribution in [0.5, 0.6) is 0 Å². The standard InChI is InChI=1S/C12H12ClN.C5H3N.C4H6O4/c1-2-9-8-14-6-5-10-7-11(13)3-4-12(9)10;1-2-4-5(3-1)6-4;5-3(6)1-2-4(7)8/h1,3-4,7,9,14H,5-6,8H2;1-3H;1-2H2,(H,5,6)(H,7,8). The summed E-state index contributed by atoms with van der Waals surface area (Å²) in [6.07, 6.45) is 5.92. The first-order chi connectivity index (χ1) is 13.4. The summed E-state index contributed by atoms with van der Waals surface area (Å²) in [4.78, 5) is 23.2. The topological polar surface area (TPSA) is 99.5 Å². The minimum absolute atomic E-state index is 0.185. The summed E-state index contributed by atoms with van der Waals surface area (Å²) in [7, 11) is 0. The van der Waals surface area contributed by atoms with Crippen molar-refractivity contribution in [3.8, 4) is 23.7 Å². The van der Waals surface area contributed by atoms with Gasteiger partial charge in [0, 0.05) is 11.6 Å². The third kappa shape index (κ3) is 7.03. The average molecular weight is 401 g/mol. The highest BCUT2D eigenvalue weighted by atomic mass is 35.5. The molecule has 6 nitrogen and oxygen atoms in total. The maximum Gasteiger partial charge on any atom is 0.303 e. The zero-order valence-electron chi connectivity index (χ0n) is 15.2. The number of carbonyl (C=O) groups is 2. The Kier molecular flexibility index (Phi) is 8.00. The smallest absolute Gasteiger partial charge is 0.303 e. The Morgan fingerprint density at radius 1 is 1.18 bits per heavy atom. The van der Waals surface area contributed by atoms with Crippen molar-refractivity contribution in [1.29, 1.82) is 0 Å². The number of terminal acetylenes is 1. The van der Waals surface area contributed by atoms with E-state index in [2.05, 4.69) is 22.3 Å². The Labute approximate surface area is 168 Å². The number of nitrogens with zero attached hydrogens (tertiary/aromatic N) is 1. The Morgan fingerprint density at radius 2 is 1.82 bits per heavy atom. The van der Waals surface area contributed by atoms with Crippen LogP contribution in [0.1, 0.15) is 29.9 Å². The third-order valence-corrected chi connectivity index (χ3v) is 4.35. The molecule has 1 aromatic rings. The zero-order chi connectivity index (χ0) is 20.5. The van der Waals surface area contributed by atoms with Gasteiger partial charge in [0.15, 0.2) is 0 Å². The van der Waals surface area contributed by atoms with Crippen molar-refractivity contribution in [3.05, 3.63) is 52.5 Å². The molecular formula is C21H21ClN2O4. The Hall–Kier alpha value is -2.88. The molecule has 146 valence electrons. The van der Waals surface area contributed by atoms with Crippen LogP contribution in [0.2, 0.25) is 5.02 Å². The number of fused-ring (bicyclic) bond motifs is 2. The molecule has 0 saturated carbocycles. The predicted molar refractivity (Wildman–Crippen MR) is 107 cm³/mol. The van der Waals surface area contributed by atoms with Crippen molar-refractivity contribution in [3.63, 3.8) is 0 Å². The lowest BCUT2D eigenvalue weighted by molar-refractivity contribution is -0.143. The van der Waals surface area contributed by atoms with Crippen LogP contribution in [0.3, 0.4) is 0 Å². The molecule has 0 radical (unpaired) electrons. The highest BCUT2D eigenvalue weighted by Crippen LogP contribution is 2.26. The van der Waals surface area contributed by atoms with Crippen molar-refractivity contribution < 1.29 is 19.8 Å². The van der Waals surface area contributed by atoms with Gasteiger partial charge in [-0.25, -0.2) is 4.98 Å². The Bertz CT molecular complexity index is 861. The largest absolute Gasteiger partial charge is 0.481 e. The van der Waals surface area contributed by atoms with E-state index in [0.29, 0.717) is 0 Å². The number of hydrogen-bond donors (Lipinski definition) is 3. The van der Waals surface area contributed by atoms with Crippen LogP contribution in [0.15, 0.2) is 36.4 Å². The monoisotopic (exact) mass is 400 g/mol. The number of carboxylic acid groups (broad SMARTS) is 2. The molecule has 2 aliphatic heterocycles. The molecule has 0 bridgehead atoms. The second kappa shape index (κ2) is 10.5. The fourth-order valence-electron chi connectivity index (χ4n) is 2.65. The molecule has 4 rings (SSSR count). The number of benzene rings is 1. The van der Waals surface area contributed by atoms with Gasteiger partial charge in [-0.2, -0.15) is 0 Å². The molecule has 0 saturated heterocycles. The molecule has 0 fully saturated rings. The second-order valence-corrected chi connectivity index (χ2v) is 6.65. The predicted octanol–water partition coefficient (Wildman–Crippen LogP) is 3.20. The van der Waals surface area contributed by atoms with E-state index in [1.165, 1.54) is 22.5 Å². The molecule has 1 atom stereocenters. The first-order valence-corrected chi connectivity index (χ1v) is 9.14. The summed E-state index contributed by atoms with van der Waals surface area (Å²) in [5, 5.41) is 19.9. The van der Waals surface area contributed by atoms with E-state index in [-0.39, 0.29) is 18.8 Å². The lowest BCUT2D eigenvalue weighted by Gasteiger charge is -2.11. The molecular weight excluding hydrogens is 380 g/mol. The van der Waals surface area contributed by atoms with Gasteiger partial charge in [0.25, 0.3) is 0 Å². The van der Waals surface area contributed by atoms with Crippen LogP contribution in [0.25, 0.3) is 11.4 Å². The number of aromatic nitrogens is 1. The Balaban J connectivity index is 0.000000168. The molecule has 3 N–H and O–H groups in total. The van der Waals surface area contributed by atoms with Gasteiger partial charge >= 0.3 is 11.9 Å². The molecule has 1 unspecified atom stereocenters. The Morgan fingerprint density at radius 3 is 2.29 bits per heavy atom. The number of aliphatic carboxylic acids is 2. The van der Waals surface area contributed by atoms with Crippen LogP contribution >= 0.6 is 11.6 Å². The van der Waals surface area contributed by atoms with Crippen molar-refractivity contribution in [1.82, 2.24) is 10.3 Å². The van der Waals surface area contributed by atoms with Crippen LogP contribution < -0.4 is 5.32 Å². The van der Waals surface area contributed by atoms with Gasteiger partial charge in [-0.3, -0.25) is 9.59 Å². The summed E-state index contributed by atoms with van der Waals surface area (Å²) in [6, 6.07) is 12.0. The first kappa shape index (κ1) is 21.4. The lowest BCUT2D eigenvalue weighted by Crippen LogP contribution is -2.19. The molecule has 0 aromatic heterocycles. The number of hydrogen-bond acceptors (Lipinski definition) is 4. The molecule has 1 aromatic carbocycles. The summed E-state index contributed by atoms with van der Waals surface area (Å²) in [5.41, 5.74) is 4.89. The van der Waals surface area contributed by atoms with Gasteiger partial charge in [0.05, 0.1) is 30.1 Å². The first-order valence-electron chi connectivity index (χ1n) is 8.77. The SMILES string of the molecule is C#CC1CNCCc2cc(Cl)ccc21.O=C(O)CCC(=O)O.c1cc2nc-2c1. The average Bonchev–Trinajstić information content (AvgIpc) is 3.33. The number of pyridine rings is 1. The molecule has 0 amide bonds. The van der Waals surface area contributed by atoms with E-state index >= 15 is 0 Å². The molecule has 2 heterocycles. The number of rotatable bonds is 3.